The first-order valence-electron chi connectivity index (χ1n) is 8.13. The lowest BCUT2D eigenvalue weighted by atomic mass is 9.58. The van der Waals surface area contributed by atoms with Crippen LogP contribution in [0.5, 0.6) is 0 Å². The van der Waals surface area contributed by atoms with Gasteiger partial charge in [-0.05, 0) is 50.9 Å². The van der Waals surface area contributed by atoms with Crippen molar-refractivity contribution in [1.82, 2.24) is 0 Å². The number of fused-ring (bicyclic) bond motifs is 1. The van der Waals surface area contributed by atoms with E-state index in [4.69, 9.17) is 9.47 Å². The summed E-state index contributed by atoms with van der Waals surface area (Å²) in [5.41, 5.74) is -1.53. The van der Waals surface area contributed by atoms with E-state index in [-0.39, 0.29) is 23.5 Å². The Morgan fingerprint density at radius 3 is 2.71 bits per heavy atom. The van der Waals surface area contributed by atoms with E-state index in [1.807, 2.05) is 20.8 Å². The Hall–Kier alpha value is -1.06. The van der Waals surface area contributed by atoms with Gasteiger partial charge in [-0.25, -0.2) is 4.79 Å². The summed E-state index contributed by atoms with van der Waals surface area (Å²) in [5.74, 6) is -0.143. The number of hydrogen-bond donors (Lipinski definition) is 0. The Labute approximate surface area is 126 Å². The van der Waals surface area contributed by atoms with Crippen LogP contribution >= 0.6 is 0 Å². The van der Waals surface area contributed by atoms with Crippen LogP contribution in [-0.2, 0) is 19.1 Å². The van der Waals surface area contributed by atoms with Gasteiger partial charge in [0.1, 0.15) is 6.10 Å². The van der Waals surface area contributed by atoms with Crippen molar-refractivity contribution in [2.24, 2.45) is 16.7 Å². The molecule has 0 aromatic carbocycles. The quantitative estimate of drug-likeness (QED) is 0.750. The number of rotatable bonds is 3. The molecule has 4 rings (SSSR count). The molecule has 0 N–H and O–H groups in total. The molecule has 4 unspecified atom stereocenters. The molecule has 0 radical (unpaired) electrons. The van der Waals surface area contributed by atoms with E-state index in [9.17, 15) is 9.59 Å². The van der Waals surface area contributed by atoms with Crippen molar-refractivity contribution in [3.8, 4) is 0 Å². The molecule has 4 heteroatoms. The number of esters is 2. The van der Waals surface area contributed by atoms with Crippen LogP contribution in [0.2, 0.25) is 0 Å². The van der Waals surface area contributed by atoms with Crippen molar-refractivity contribution < 1.29 is 19.1 Å². The predicted molar refractivity (Wildman–Crippen MR) is 77.5 cm³/mol. The number of carbonyl (C=O) groups excluding carboxylic acids is 2. The van der Waals surface area contributed by atoms with Crippen molar-refractivity contribution in [2.45, 2.75) is 77.9 Å². The van der Waals surface area contributed by atoms with Gasteiger partial charge in [-0.1, -0.05) is 13.8 Å². The van der Waals surface area contributed by atoms with Crippen LogP contribution in [0.1, 0.15) is 66.2 Å². The lowest BCUT2D eigenvalue weighted by Crippen LogP contribution is -2.52. The molecule has 2 aliphatic heterocycles. The summed E-state index contributed by atoms with van der Waals surface area (Å²) in [7, 11) is 0. The second-order valence-electron chi connectivity index (χ2n) is 8.35. The third kappa shape index (κ3) is 2.36. The van der Waals surface area contributed by atoms with Crippen molar-refractivity contribution in [2.75, 3.05) is 0 Å². The van der Waals surface area contributed by atoms with Crippen LogP contribution in [0.3, 0.4) is 0 Å². The molecule has 2 saturated heterocycles. The molecular weight excluding hydrogens is 268 g/mol. The standard InChI is InChI=1S/C17H26O4/c1-5-15(2,3)13(18)21-17-8-11-6-12(20-14(17)19)9-16(4,7-11)10-17/h11-12H,5-10H2,1-4H3. The Morgan fingerprint density at radius 1 is 1.38 bits per heavy atom. The van der Waals surface area contributed by atoms with E-state index in [1.165, 1.54) is 0 Å². The van der Waals surface area contributed by atoms with Crippen LogP contribution in [0.25, 0.3) is 0 Å². The molecular formula is C17H26O4. The molecule has 2 aliphatic carbocycles. The molecule has 0 aromatic rings. The third-order valence-electron chi connectivity index (χ3n) is 5.80. The zero-order valence-corrected chi connectivity index (χ0v) is 13.5. The minimum absolute atomic E-state index is 0.0171. The summed E-state index contributed by atoms with van der Waals surface area (Å²) in [6, 6.07) is 0. The molecule has 0 spiro atoms. The van der Waals surface area contributed by atoms with Gasteiger partial charge in [-0.15, -0.1) is 0 Å². The molecule has 4 fully saturated rings. The molecule has 4 aliphatic rings. The number of hydrogen-bond acceptors (Lipinski definition) is 4. The Bertz CT molecular complexity index is 483. The smallest absolute Gasteiger partial charge is 0.350 e. The molecule has 4 bridgehead atoms. The fraction of sp³-hybridized carbons (Fsp3) is 0.882. The summed E-state index contributed by atoms with van der Waals surface area (Å²) in [6.45, 7) is 7.92. The fourth-order valence-electron chi connectivity index (χ4n) is 4.48. The summed E-state index contributed by atoms with van der Waals surface area (Å²) in [5, 5.41) is 0. The zero-order valence-electron chi connectivity index (χ0n) is 13.5. The summed E-state index contributed by atoms with van der Waals surface area (Å²) >= 11 is 0. The van der Waals surface area contributed by atoms with Gasteiger partial charge in [0.25, 0.3) is 0 Å². The molecule has 4 atom stereocenters. The van der Waals surface area contributed by atoms with E-state index < -0.39 is 11.0 Å². The van der Waals surface area contributed by atoms with Gasteiger partial charge in [-0.2, -0.15) is 0 Å². The molecule has 2 heterocycles. The van der Waals surface area contributed by atoms with E-state index in [2.05, 4.69) is 6.92 Å². The molecule has 2 saturated carbocycles. The first-order chi connectivity index (χ1) is 9.68. The zero-order chi connectivity index (χ0) is 15.5. The first-order valence-corrected chi connectivity index (χ1v) is 8.13. The number of carbonyl (C=O) groups is 2. The molecule has 4 nitrogen and oxygen atoms in total. The average molecular weight is 294 g/mol. The SMILES string of the molecule is CCC(C)(C)C(=O)OC12CC3CC(CC(C)(C3)C1)OC2=O. The minimum atomic E-state index is -1.04. The maximum absolute atomic E-state index is 12.6. The maximum atomic E-state index is 12.6. The van der Waals surface area contributed by atoms with E-state index in [1.54, 1.807) is 0 Å². The van der Waals surface area contributed by atoms with Gasteiger partial charge in [0.05, 0.1) is 5.41 Å². The van der Waals surface area contributed by atoms with Crippen molar-refractivity contribution >= 4 is 11.9 Å². The monoisotopic (exact) mass is 294 g/mol. The molecule has 0 aromatic heterocycles. The second kappa shape index (κ2) is 4.47. The van der Waals surface area contributed by atoms with Crippen LogP contribution < -0.4 is 0 Å². The van der Waals surface area contributed by atoms with Crippen LogP contribution in [0.4, 0.5) is 0 Å². The highest BCUT2D eigenvalue weighted by Crippen LogP contribution is 2.57. The fourth-order valence-corrected chi connectivity index (χ4v) is 4.48. The first kappa shape index (κ1) is 14.9. The highest BCUT2D eigenvalue weighted by Gasteiger charge is 2.61. The van der Waals surface area contributed by atoms with E-state index >= 15 is 0 Å². The van der Waals surface area contributed by atoms with Crippen molar-refractivity contribution in [3.63, 3.8) is 0 Å². The summed E-state index contributed by atoms with van der Waals surface area (Å²) < 4.78 is 11.5. The van der Waals surface area contributed by atoms with Gasteiger partial charge < -0.3 is 9.47 Å². The van der Waals surface area contributed by atoms with Gasteiger partial charge in [0, 0.05) is 12.8 Å². The lowest BCUT2D eigenvalue weighted by Gasteiger charge is -2.48. The van der Waals surface area contributed by atoms with Crippen LogP contribution in [-0.4, -0.2) is 23.6 Å². The summed E-state index contributed by atoms with van der Waals surface area (Å²) in [6.07, 6.45) is 4.94. The third-order valence-corrected chi connectivity index (χ3v) is 5.80. The van der Waals surface area contributed by atoms with Crippen molar-refractivity contribution in [3.05, 3.63) is 0 Å². The number of ether oxygens (including phenoxy) is 2. The average Bonchev–Trinajstić information content (AvgIpc) is 2.48. The van der Waals surface area contributed by atoms with Gasteiger partial charge in [-0.3, -0.25) is 4.79 Å². The Balaban J connectivity index is 1.91. The topological polar surface area (TPSA) is 52.6 Å². The minimum Gasteiger partial charge on any atom is -0.459 e. The second-order valence-corrected chi connectivity index (χ2v) is 8.35. The molecule has 0 amide bonds. The highest BCUT2D eigenvalue weighted by molar-refractivity contribution is 5.86. The maximum Gasteiger partial charge on any atom is 0.350 e. The van der Waals surface area contributed by atoms with E-state index in [0.717, 1.165) is 19.3 Å². The summed E-state index contributed by atoms with van der Waals surface area (Å²) in [4.78, 5) is 25.1. The van der Waals surface area contributed by atoms with Crippen LogP contribution in [0.15, 0.2) is 0 Å². The van der Waals surface area contributed by atoms with Gasteiger partial charge in [0.15, 0.2) is 0 Å². The normalized spacial score (nSPS) is 41.6. The molecule has 118 valence electrons. The Kier molecular flexibility index (Phi) is 3.16. The van der Waals surface area contributed by atoms with Gasteiger partial charge in [0.2, 0.25) is 5.60 Å². The predicted octanol–water partition coefficient (Wildman–Crippen LogP) is 3.23. The van der Waals surface area contributed by atoms with E-state index in [0.29, 0.717) is 25.2 Å². The van der Waals surface area contributed by atoms with Gasteiger partial charge >= 0.3 is 11.9 Å². The Morgan fingerprint density at radius 2 is 2.10 bits per heavy atom. The largest absolute Gasteiger partial charge is 0.459 e. The lowest BCUT2D eigenvalue weighted by molar-refractivity contribution is -0.193. The highest BCUT2D eigenvalue weighted by atomic mass is 16.6. The van der Waals surface area contributed by atoms with Crippen molar-refractivity contribution in [1.29, 1.82) is 0 Å². The molecule has 21 heavy (non-hydrogen) atoms. The van der Waals surface area contributed by atoms with Crippen LogP contribution in [0, 0.1) is 16.7 Å².